The van der Waals surface area contributed by atoms with Crippen LogP contribution >= 0.6 is 23.4 Å². The molecule has 0 amide bonds. The van der Waals surface area contributed by atoms with Crippen molar-refractivity contribution in [3.8, 4) is 0 Å². The number of fused-ring (bicyclic) bond motifs is 1. The largest absolute Gasteiger partial charge is 0.379 e. The van der Waals surface area contributed by atoms with Gasteiger partial charge in [0.25, 0.3) is 10.0 Å². The number of rotatable bonds is 6. The molecule has 3 aromatic rings. The summed E-state index contributed by atoms with van der Waals surface area (Å²) in [6.07, 6.45) is 1.47. The van der Waals surface area contributed by atoms with E-state index >= 15 is 0 Å². The maximum atomic E-state index is 13.3. The molecule has 34 heavy (non-hydrogen) atoms. The van der Waals surface area contributed by atoms with Crippen LogP contribution in [0.15, 0.2) is 46.4 Å². The standard InChI is InChI=1S/C23H26ClN5O3S2/c1-15-5-6-19(28(2)34(30,31)20-4-3-7-25-22(20)24)21-17(15)12-18(27-21)23-26-13-16(33-23)14-29-8-10-32-11-9-29/h3-7,12,16,27H,8-11,13-14H2,1-2H3. The summed E-state index contributed by atoms with van der Waals surface area (Å²) in [5, 5.41) is 2.27. The lowest BCUT2D eigenvalue weighted by atomic mass is 10.1. The molecule has 4 heterocycles. The number of pyridine rings is 1. The predicted molar refractivity (Wildman–Crippen MR) is 138 cm³/mol. The van der Waals surface area contributed by atoms with Crippen LogP contribution in [0.25, 0.3) is 10.9 Å². The lowest BCUT2D eigenvalue weighted by molar-refractivity contribution is 0.0385. The summed E-state index contributed by atoms with van der Waals surface area (Å²) >= 11 is 7.88. The van der Waals surface area contributed by atoms with E-state index in [1.807, 2.05) is 19.1 Å². The summed E-state index contributed by atoms with van der Waals surface area (Å²) in [5.74, 6) is 0. The number of benzene rings is 1. The minimum atomic E-state index is -3.89. The number of aliphatic imine (C=N–C) groups is 1. The van der Waals surface area contributed by atoms with E-state index in [1.54, 1.807) is 17.8 Å². The van der Waals surface area contributed by atoms with Gasteiger partial charge in [-0.2, -0.15) is 0 Å². The number of nitrogens with one attached hydrogen (secondary N) is 1. The van der Waals surface area contributed by atoms with E-state index in [4.69, 9.17) is 21.3 Å². The Morgan fingerprint density at radius 1 is 1.29 bits per heavy atom. The van der Waals surface area contributed by atoms with Crippen molar-refractivity contribution in [3.63, 3.8) is 0 Å². The van der Waals surface area contributed by atoms with E-state index < -0.39 is 10.0 Å². The number of aryl methyl sites for hydroxylation is 1. The molecule has 8 nitrogen and oxygen atoms in total. The average molecular weight is 520 g/mol. The Bertz CT molecular complexity index is 1350. The molecule has 1 aromatic carbocycles. The van der Waals surface area contributed by atoms with Crippen molar-refractivity contribution in [3.05, 3.63) is 52.9 Å². The number of ether oxygens (including phenoxy) is 1. The van der Waals surface area contributed by atoms with Crippen molar-refractivity contribution >= 4 is 55.0 Å². The van der Waals surface area contributed by atoms with Gasteiger partial charge in [-0.3, -0.25) is 14.2 Å². The Morgan fingerprint density at radius 2 is 2.09 bits per heavy atom. The van der Waals surface area contributed by atoms with Gasteiger partial charge in [-0.25, -0.2) is 13.4 Å². The van der Waals surface area contributed by atoms with E-state index in [1.165, 1.54) is 23.6 Å². The summed E-state index contributed by atoms with van der Waals surface area (Å²) in [5.41, 5.74) is 3.26. The number of thioether (sulfide) groups is 1. The second kappa shape index (κ2) is 9.50. The highest BCUT2D eigenvalue weighted by Crippen LogP contribution is 2.35. The van der Waals surface area contributed by atoms with Gasteiger partial charge in [-0.05, 0) is 36.8 Å². The van der Waals surface area contributed by atoms with Gasteiger partial charge in [-0.1, -0.05) is 29.4 Å². The van der Waals surface area contributed by atoms with Gasteiger partial charge in [0.15, 0.2) is 0 Å². The number of sulfonamides is 1. The van der Waals surface area contributed by atoms with Gasteiger partial charge in [0.1, 0.15) is 15.1 Å². The first-order valence-corrected chi connectivity index (χ1v) is 13.8. The Labute approximate surface area is 208 Å². The molecule has 11 heteroatoms. The van der Waals surface area contributed by atoms with Crippen LogP contribution in [-0.2, 0) is 14.8 Å². The molecular formula is C23H26ClN5O3S2. The molecule has 0 bridgehead atoms. The van der Waals surface area contributed by atoms with Gasteiger partial charge < -0.3 is 9.72 Å². The van der Waals surface area contributed by atoms with E-state index in [9.17, 15) is 8.42 Å². The smallest absolute Gasteiger partial charge is 0.267 e. The van der Waals surface area contributed by atoms with Gasteiger partial charge in [0.2, 0.25) is 0 Å². The molecule has 2 aliphatic heterocycles. The first-order valence-electron chi connectivity index (χ1n) is 11.1. The third-order valence-corrected chi connectivity index (χ3v) is 9.63. The lowest BCUT2D eigenvalue weighted by Gasteiger charge is -2.28. The number of morpholine rings is 1. The first kappa shape index (κ1) is 23.6. The molecule has 5 rings (SSSR count). The Hall–Kier alpha value is -2.11. The monoisotopic (exact) mass is 519 g/mol. The highest BCUT2D eigenvalue weighted by Gasteiger charge is 2.28. The summed E-state index contributed by atoms with van der Waals surface area (Å²) < 4.78 is 33.3. The third kappa shape index (κ3) is 4.45. The quantitative estimate of drug-likeness (QED) is 0.501. The molecule has 0 radical (unpaired) electrons. The second-order valence-electron chi connectivity index (χ2n) is 8.44. The Kier molecular flexibility index (Phi) is 6.60. The second-order valence-corrected chi connectivity index (χ2v) is 12.0. The lowest BCUT2D eigenvalue weighted by Crippen LogP contribution is -2.40. The van der Waals surface area contributed by atoms with Crippen molar-refractivity contribution in [1.29, 1.82) is 0 Å². The van der Waals surface area contributed by atoms with E-state index in [-0.39, 0.29) is 10.0 Å². The molecular weight excluding hydrogens is 494 g/mol. The minimum Gasteiger partial charge on any atom is -0.379 e. The highest BCUT2D eigenvalue weighted by atomic mass is 35.5. The predicted octanol–water partition coefficient (Wildman–Crippen LogP) is 3.54. The van der Waals surface area contributed by atoms with Crippen LogP contribution in [-0.4, -0.2) is 80.0 Å². The zero-order valence-corrected chi connectivity index (χ0v) is 21.4. The van der Waals surface area contributed by atoms with E-state index in [0.717, 1.165) is 66.6 Å². The molecule has 0 aliphatic carbocycles. The maximum absolute atomic E-state index is 13.3. The molecule has 0 saturated carbocycles. The zero-order valence-electron chi connectivity index (χ0n) is 19.0. The number of halogens is 1. The average Bonchev–Trinajstić information content (AvgIpc) is 3.48. The van der Waals surface area contributed by atoms with Crippen LogP contribution in [0.1, 0.15) is 11.3 Å². The number of H-pyrrole nitrogens is 1. The van der Waals surface area contributed by atoms with Crippen molar-refractivity contribution in [2.45, 2.75) is 17.1 Å². The Morgan fingerprint density at radius 3 is 2.85 bits per heavy atom. The van der Waals surface area contributed by atoms with Crippen LogP contribution in [0.4, 0.5) is 5.69 Å². The highest BCUT2D eigenvalue weighted by molar-refractivity contribution is 8.15. The molecule has 2 aliphatic rings. The van der Waals surface area contributed by atoms with Crippen LogP contribution in [0.2, 0.25) is 5.15 Å². The van der Waals surface area contributed by atoms with Crippen LogP contribution in [0.5, 0.6) is 0 Å². The van der Waals surface area contributed by atoms with Crippen molar-refractivity contribution in [2.75, 3.05) is 50.7 Å². The van der Waals surface area contributed by atoms with Crippen molar-refractivity contribution < 1.29 is 13.2 Å². The SMILES string of the molecule is Cc1ccc(N(C)S(=O)(=O)c2cccnc2Cl)c2[nH]c(C3=NCC(CN4CCOCC4)S3)cc12. The maximum Gasteiger partial charge on any atom is 0.267 e. The fourth-order valence-electron chi connectivity index (χ4n) is 4.30. The molecule has 1 atom stereocenters. The number of nitrogens with zero attached hydrogens (tertiary/aromatic N) is 4. The number of hydrogen-bond acceptors (Lipinski definition) is 7. The number of hydrogen-bond donors (Lipinski definition) is 1. The number of anilines is 1. The van der Waals surface area contributed by atoms with Gasteiger partial charge in [0.05, 0.1) is 36.7 Å². The normalized spacial score (nSPS) is 19.5. The van der Waals surface area contributed by atoms with Gasteiger partial charge in [0, 0.05) is 43.5 Å². The molecule has 1 fully saturated rings. The third-order valence-electron chi connectivity index (χ3n) is 6.21. The zero-order chi connectivity index (χ0) is 23.9. The summed E-state index contributed by atoms with van der Waals surface area (Å²) in [6, 6.07) is 8.83. The summed E-state index contributed by atoms with van der Waals surface area (Å²) in [7, 11) is -2.36. The van der Waals surface area contributed by atoms with Crippen LogP contribution in [0.3, 0.4) is 0 Å². The van der Waals surface area contributed by atoms with Gasteiger partial charge >= 0.3 is 0 Å². The topological polar surface area (TPSA) is 90.9 Å². The molecule has 0 spiro atoms. The number of aromatic nitrogens is 2. The fraction of sp³-hybridized carbons (Fsp3) is 0.391. The fourth-order valence-corrected chi connectivity index (χ4v) is 7.07. The molecule has 1 unspecified atom stereocenters. The summed E-state index contributed by atoms with van der Waals surface area (Å²) in [6.45, 7) is 7.27. The molecule has 1 N–H and O–H groups in total. The molecule has 1 saturated heterocycles. The van der Waals surface area contributed by atoms with E-state index in [2.05, 4.69) is 20.9 Å². The van der Waals surface area contributed by atoms with Crippen molar-refractivity contribution in [2.24, 2.45) is 4.99 Å². The molecule has 180 valence electrons. The minimum absolute atomic E-state index is 0.0265. The van der Waals surface area contributed by atoms with E-state index in [0.29, 0.717) is 10.9 Å². The van der Waals surface area contributed by atoms with Gasteiger partial charge in [-0.15, -0.1) is 0 Å². The Balaban J connectivity index is 1.43. The van der Waals surface area contributed by atoms with Crippen LogP contribution in [0, 0.1) is 6.92 Å². The first-order chi connectivity index (χ1) is 16.3. The summed E-state index contributed by atoms with van der Waals surface area (Å²) in [4.78, 5) is 14.6. The van der Waals surface area contributed by atoms with Crippen molar-refractivity contribution in [1.82, 2.24) is 14.9 Å². The van der Waals surface area contributed by atoms with Crippen LogP contribution < -0.4 is 4.31 Å². The number of aromatic amines is 1. The molecule has 2 aromatic heterocycles.